The van der Waals surface area contributed by atoms with Gasteiger partial charge in [-0.05, 0) is 13.8 Å². The van der Waals surface area contributed by atoms with Crippen LogP contribution in [0.4, 0.5) is 0 Å². The van der Waals surface area contributed by atoms with Crippen LogP contribution in [0.1, 0.15) is 47.1 Å². The summed E-state index contributed by atoms with van der Waals surface area (Å²) in [5, 5.41) is 10.9. The van der Waals surface area contributed by atoms with E-state index in [1.54, 1.807) is 4.90 Å². The molecule has 5 nitrogen and oxygen atoms in total. The Morgan fingerprint density at radius 1 is 1.55 bits per heavy atom. The highest BCUT2D eigenvalue weighted by atomic mass is 32.1. The van der Waals surface area contributed by atoms with Gasteiger partial charge in [0.1, 0.15) is 4.88 Å². The van der Waals surface area contributed by atoms with Gasteiger partial charge in [0.2, 0.25) is 0 Å². The lowest BCUT2D eigenvalue weighted by Gasteiger charge is -2.28. The van der Waals surface area contributed by atoms with Crippen molar-refractivity contribution in [3.8, 4) is 0 Å². The zero-order valence-corrected chi connectivity index (χ0v) is 13.2. The van der Waals surface area contributed by atoms with Gasteiger partial charge in [-0.1, -0.05) is 13.8 Å². The predicted octanol–water partition coefficient (Wildman–Crippen LogP) is 1.80. The summed E-state index contributed by atoms with van der Waals surface area (Å²) in [5.74, 6) is 0.264. The number of likely N-dealkylation sites (N-methyl/N-ethyl adjacent to an activating group) is 1. The molecule has 2 atom stereocenters. The van der Waals surface area contributed by atoms with Crippen molar-refractivity contribution in [2.24, 2.45) is 0 Å². The lowest BCUT2D eigenvalue weighted by atomic mass is 10.1. The molecule has 0 bridgehead atoms. The summed E-state index contributed by atoms with van der Waals surface area (Å²) in [6.45, 7) is 9.17. The first kappa shape index (κ1) is 15.4. The smallest absolute Gasteiger partial charge is 0.266 e. The molecule has 1 fully saturated rings. The Hall–Kier alpha value is -0.980. The number of hydrogen-bond donors (Lipinski definition) is 1. The number of carbonyl (C=O) groups excluding carboxylic acids is 1. The molecule has 112 valence electrons. The number of aliphatic hydroxyl groups is 1. The quantitative estimate of drug-likeness (QED) is 0.920. The number of aliphatic hydroxyl groups excluding tert-OH is 1. The van der Waals surface area contributed by atoms with Crippen LogP contribution in [0.5, 0.6) is 0 Å². The fraction of sp³-hybridized carbons (Fsp3) is 0.714. The summed E-state index contributed by atoms with van der Waals surface area (Å²) in [7, 11) is 0. The number of amides is 1. The van der Waals surface area contributed by atoms with E-state index < -0.39 is 6.10 Å². The standard InChI is InChI=1S/C14H22N2O3S/c1-5-16(10-6-19-7-11(10)17)14(18)12-9(4)15-13(20-12)8(2)3/h8,10-11,17H,5-7H2,1-4H3/t10-,11-/m0/s1. The summed E-state index contributed by atoms with van der Waals surface area (Å²) < 4.78 is 5.26. The van der Waals surface area contributed by atoms with Gasteiger partial charge >= 0.3 is 0 Å². The van der Waals surface area contributed by atoms with Crippen LogP contribution in [-0.2, 0) is 4.74 Å². The van der Waals surface area contributed by atoms with Gasteiger partial charge in [0, 0.05) is 12.5 Å². The Kier molecular flexibility index (Phi) is 4.78. The minimum absolute atomic E-state index is 0.0519. The topological polar surface area (TPSA) is 62.7 Å². The van der Waals surface area contributed by atoms with Gasteiger partial charge < -0.3 is 14.7 Å². The second-order valence-corrected chi connectivity index (χ2v) is 6.42. The fourth-order valence-electron chi connectivity index (χ4n) is 2.35. The van der Waals surface area contributed by atoms with Gasteiger partial charge in [-0.25, -0.2) is 4.98 Å². The molecule has 1 amide bonds. The van der Waals surface area contributed by atoms with Crippen molar-refractivity contribution in [3.63, 3.8) is 0 Å². The molecule has 1 N–H and O–H groups in total. The zero-order valence-electron chi connectivity index (χ0n) is 12.4. The van der Waals surface area contributed by atoms with E-state index >= 15 is 0 Å². The number of aryl methyl sites for hydroxylation is 1. The normalized spacial score (nSPS) is 22.5. The lowest BCUT2D eigenvalue weighted by Crippen LogP contribution is -2.46. The van der Waals surface area contributed by atoms with Crippen molar-refractivity contribution in [2.75, 3.05) is 19.8 Å². The Morgan fingerprint density at radius 3 is 2.70 bits per heavy atom. The van der Waals surface area contributed by atoms with Crippen molar-refractivity contribution in [3.05, 3.63) is 15.6 Å². The lowest BCUT2D eigenvalue weighted by molar-refractivity contribution is 0.0524. The summed E-state index contributed by atoms with van der Waals surface area (Å²) in [6, 6.07) is -0.253. The van der Waals surface area contributed by atoms with Crippen molar-refractivity contribution in [1.82, 2.24) is 9.88 Å². The van der Waals surface area contributed by atoms with Crippen molar-refractivity contribution >= 4 is 17.2 Å². The average Bonchev–Trinajstić information content (AvgIpc) is 2.97. The molecule has 1 aliphatic rings. The summed E-state index contributed by atoms with van der Waals surface area (Å²) >= 11 is 1.45. The van der Waals surface area contributed by atoms with Crippen LogP contribution in [0.15, 0.2) is 0 Å². The highest BCUT2D eigenvalue weighted by Crippen LogP contribution is 2.27. The molecule has 0 radical (unpaired) electrons. The monoisotopic (exact) mass is 298 g/mol. The molecule has 1 saturated heterocycles. The molecule has 1 aromatic rings. The number of ether oxygens (including phenoxy) is 1. The summed E-state index contributed by atoms with van der Waals surface area (Å²) in [4.78, 5) is 19.5. The fourth-order valence-corrected chi connectivity index (χ4v) is 3.38. The van der Waals surface area contributed by atoms with E-state index in [1.165, 1.54) is 11.3 Å². The highest BCUT2D eigenvalue weighted by molar-refractivity contribution is 7.13. The van der Waals surface area contributed by atoms with Crippen LogP contribution >= 0.6 is 11.3 Å². The van der Waals surface area contributed by atoms with Crippen molar-refractivity contribution in [2.45, 2.75) is 45.8 Å². The molecule has 2 heterocycles. The second-order valence-electron chi connectivity index (χ2n) is 5.38. The molecular weight excluding hydrogens is 276 g/mol. The molecule has 20 heavy (non-hydrogen) atoms. The average molecular weight is 298 g/mol. The van der Waals surface area contributed by atoms with Gasteiger partial charge in [0.15, 0.2) is 0 Å². The van der Waals surface area contributed by atoms with Gasteiger partial charge in [-0.2, -0.15) is 0 Å². The van der Waals surface area contributed by atoms with Crippen LogP contribution < -0.4 is 0 Å². The number of thiazole rings is 1. The number of carbonyl (C=O) groups is 1. The van der Waals surface area contributed by atoms with Gasteiger partial charge in [0.25, 0.3) is 5.91 Å². The molecule has 0 unspecified atom stereocenters. The molecule has 1 aromatic heterocycles. The van der Waals surface area contributed by atoms with Crippen LogP contribution in [0.25, 0.3) is 0 Å². The maximum Gasteiger partial charge on any atom is 0.266 e. The highest BCUT2D eigenvalue weighted by Gasteiger charge is 2.35. The van der Waals surface area contributed by atoms with Gasteiger partial charge in [-0.15, -0.1) is 11.3 Å². The zero-order chi connectivity index (χ0) is 14.9. The van der Waals surface area contributed by atoms with E-state index in [1.807, 2.05) is 13.8 Å². The molecule has 6 heteroatoms. The first-order valence-electron chi connectivity index (χ1n) is 6.99. The van der Waals surface area contributed by atoms with Crippen LogP contribution in [0, 0.1) is 6.92 Å². The van der Waals surface area contributed by atoms with Crippen LogP contribution in [-0.4, -0.2) is 52.8 Å². The SMILES string of the molecule is CCN(C(=O)c1sc(C(C)C)nc1C)[C@H]1COC[C@@H]1O. The van der Waals surface area contributed by atoms with Gasteiger partial charge in [0.05, 0.1) is 36.1 Å². The van der Waals surface area contributed by atoms with E-state index in [4.69, 9.17) is 4.74 Å². The third kappa shape index (κ3) is 2.87. The van der Waals surface area contributed by atoms with Crippen molar-refractivity contribution in [1.29, 1.82) is 0 Å². The van der Waals surface area contributed by atoms with E-state index in [2.05, 4.69) is 18.8 Å². The molecule has 0 aliphatic carbocycles. The Labute approximate surface area is 123 Å². The number of nitrogens with zero attached hydrogens (tertiary/aromatic N) is 2. The van der Waals surface area contributed by atoms with Gasteiger partial charge in [-0.3, -0.25) is 4.79 Å². The summed E-state index contributed by atoms with van der Waals surface area (Å²) in [6.07, 6.45) is -0.600. The van der Waals surface area contributed by atoms with E-state index in [0.29, 0.717) is 30.6 Å². The largest absolute Gasteiger partial charge is 0.388 e. The minimum atomic E-state index is -0.600. The second kappa shape index (κ2) is 6.20. The van der Waals surface area contributed by atoms with E-state index in [-0.39, 0.29) is 11.9 Å². The number of rotatable bonds is 4. The molecule has 0 saturated carbocycles. The first-order chi connectivity index (χ1) is 9.45. The van der Waals surface area contributed by atoms with Crippen molar-refractivity contribution < 1.29 is 14.6 Å². The maximum atomic E-state index is 12.7. The van der Waals surface area contributed by atoms with E-state index in [9.17, 15) is 9.90 Å². The molecule has 1 aliphatic heterocycles. The van der Waals surface area contributed by atoms with Crippen LogP contribution in [0.2, 0.25) is 0 Å². The third-order valence-corrected chi connectivity index (χ3v) is 4.97. The summed E-state index contributed by atoms with van der Waals surface area (Å²) in [5.41, 5.74) is 0.774. The first-order valence-corrected chi connectivity index (χ1v) is 7.81. The molecule has 2 rings (SSSR count). The maximum absolute atomic E-state index is 12.7. The minimum Gasteiger partial charge on any atom is -0.388 e. The number of hydrogen-bond acceptors (Lipinski definition) is 5. The van der Waals surface area contributed by atoms with Crippen LogP contribution in [0.3, 0.4) is 0 Å². The number of aromatic nitrogens is 1. The predicted molar refractivity (Wildman–Crippen MR) is 78.3 cm³/mol. The Bertz CT molecular complexity index is 487. The molecular formula is C14H22N2O3S. The van der Waals surface area contributed by atoms with E-state index in [0.717, 1.165) is 10.7 Å². The Balaban J connectivity index is 2.24. The molecule has 0 spiro atoms. The third-order valence-electron chi connectivity index (χ3n) is 3.52. The Morgan fingerprint density at radius 2 is 2.25 bits per heavy atom. The molecule has 0 aromatic carbocycles.